The summed E-state index contributed by atoms with van der Waals surface area (Å²) in [5, 5.41) is 9.73. The van der Waals surface area contributed by atoms with Crippen LogP contribution in [0.5, 0.6) is 0 Å². The maximum Gasteiger partial charge on any atom is 0.341 e. The van der Waals surface area contributed by atoms with Gasteiger partial charge in [0.2, 0.25) is 5.88 Å². The molecule has 0 amide bonds. The second-order valence-electron chi connectivity index (χ2n) is 6.58. The SMILES string of the molecule is CCOC1=C(C(=O)O)C(C)=CC(N2CCOCC2)N1Cc1ccc(F)cc1. The highest BCUT2D eigenvalue weighted by Gasteiger charge is 2.35. The van der Waals surface area contributed by atoms with Crippen molar-refractivity contribution in [1.29, 1.82) is 0 Å². The highest BCUT2D eigenvalue weighted by Crippen LogP contribution is 2.31. The van der Waals surface area contributed by atoms with E-state index in [1.165, 1.54) is 12.1 Å². The Balaban J connectivity index is 2.00. The van der Waals surface area contributed by atoms with Gasteiger partial charge in [-0.15, -0.1) is 0 Å². The first-order valence-corrected chi connectivity index (χ1v) is 9.13. The van der Waals surface area contributed by atoms with Crippen molar-refractivity contribution in [3.8, 4) is 0 Å². The van der Waals surface area contributed by atoms with Crippen LogP contribution in [0.25, 0.3) is 0 Å². The summed E-state index contributed by atoms with van der Waals surface area (Å²) < 4.78 is 24.6. The van der Waals surface area contributed by atoms with Crippen LogP contribution in [0.1, 0.15) is 19.4 Å². The van der Waals surface area contributed by atoms with E-state index in [-0.39, 0.29) is 17.6 Å². The third-order valence-corrected chi connectivity index (χ3v) is 4.77. The van der Waals surface area contributed by atoms with Crippen LogP contribution in [0.2, 0.25) is 0 Å². The topological polar surface area (TPSA) is 62.2 Å². The van der Waals surface area contributed by atoms with Gasteiger partial charge >= 0.3 is 5.97 Å². The Labute approximate surface area is 158 Å². The lowest BCUT2D eigenvalue weighted by Gasteiger charge is -2.44. The fourth-order valence-corrected chi connectivity index (χ4v) is 3.48. The minimum atomic E-state index is -1.02. The highest BCUT2D eigenvalue weighted by atomic mass is 19.1. The van der Waals surface area contributed by atoms with Crippen molar-refractivity contribution in [3.63, 3.8) is 0 Å². The maximum absolute atomic E-state index is 13.3. The molecule has 2 heterocycles. The van der Waals surface area contributed by atoms with Crippen LogP contribution < -0.4 is 0 Å². The zero-order valence-corrected chi connectivity index (χ0v) is 15.7. The minimum absolute atomic E-state index is 0.149. The molecule has 2 aliphatic rings. The molecule has 0 radical (unpaired) electrons. The largest absolute Gasteiger partial charge is 0.479 e. The van der Waals surface area contributed by atoms with E-state index < -0.39 is 5.97 Å². The van der Waals surface area contributed by atoms with Crippen LogP contribution in [0.3, 0.4) is 0 Å². The van der Waals surface area contributed by atoms with Crippen LogP contribution >= 0.6 is 0 Å². The second-order valence-corrected chi connectivity index (χ2v) is 6.58. The van der Waals surface area contributed by atoms with E-state index in [1.807, 2.05) is 17.9 Å². The van der Waals surface area contributed by atoms with Gasteiger partial charge in [-0.2, -0.15) is 0 Å². The lowest BCUT2D eigenvalue weighted by atomic mass is 10.0. The number of benzene rings is 1. The van der Waals surface area contributed by atoms with Gasteiger partial charge in [0.25, 0.3) is 0 Å². The summed E-state index contributed by atoms with van der Waals surface area (Å²) in [6, 6.07) is 6.24. The van der Waals surface area contributed by atoms with E-state index in [0.717, 1.165) is 18.7 Å². The Morgan fingerprint density at radius 1 is 1.30 bits per heavy atom. The molecule has 1 N–H and O–H groups in total. The molecule has 0 saturated carbocycles. The molecule has 1 fully saturated rings. The van der Waals surface area contributed by atoms with E-state index in [4.69, 9.17) is 9.47 Å². The molecular formula is C20H25FN2O4. The van der Waals surface area contributed by atoms with Crippen molar-refractivity contribution in [3.05, 3.63) is 58.8 Å². The highest BCUT2D eigenvalue weighted by molar-refractivity contribution is 5.92. The number of ether oxygens (including phenoxy) is 2. The molecule has 1 aromatic rings. The molecule has 146 valence electrons. The average Bonchev–Trinajstić information content (AvgIpc) is 2.66. The lowest BCUT2D eigenvalue weighted by molar-refractivity contribution is -0.133. The number of hydrogen-bond donors (Lipinski definition) is 1. The fourth-order valence-electron chi connectivity index (χ4n) is 3.48. The summed E-state index contributed by atoms with van der Waals surface area (Å²) in [5.74, 6) is -0.966. The van der Waals surface area contributed by atoms with E-state index in [0.29, 0.717) is 37.8 Å². The zero-order valence-electron chi connectivity index (χ0n) is 15.7. The smallest absolute Gasteiger partial charge is 0.341 e. The third kappa shape index (κ3) is 4.31. The summed E-state index contributed by atoms with van der Waals surface area (Å²) in [5.41, 5.74) is 1.73. The summed E-state index contributed by atoms with van der Waals surface area (Å²) >= 11 is 0. The lowest BCUT2D eigenvalue weighted by Crippen LogP contribution is -2.53. The van der Waals surface area contributed by atoms with E-state index >= 15 is 0 Å². The van der Waals surface area contributed by atoms with Crippen LogP contribution in [0.4, 0.5) is 4.39 Å². The Kier molecular flexibility index (Phi) is 6.13. The number of nitrogens with zero attached hydrogens (tertiary/aromatic N) is 2. The van der Waals surface area contributed by atoms with Crippen molar-refractivity contribution in [1.82, 2.24) is 9.80 Å². The number of carboxylic acid groups (broad SMARTS) is 1. The van der Waals surface area contributed by atoms with Crippen molar-refractivity contribution >= 4 is 5.97 Å². The number of halogens is 1. The monoisotopic (exact) mass is 376 g/mol. The quantitative estimate of drug-likeness (QED) is 0.823. The Morgan fingerprint density at radius 2 is 1.96 bits per heavy atom. The van der Waals surface area contributed by atoms with Gasteiger partial charge in [-0.05, 0) is 43.2 Å². The Morgan fingerprint density at radius 3 is 2.56 bits per heavy atom. The van der Waals surface area contributed by atoms with Crippen LogP contribution in [-0.4, -0.2) is 60.0 Å². The number of aliphatic carboxylic acids is 1. The van der Waals surface area contributed by atoms with Gasteiger partial charge in [0, 0.05) is 19.6 Å². The van der Waals surface area contributed by atoms with E-state index in [2.05, 4.69) is 4.90 Å². The molecule has 1 atom stereocenters. The summed E-state index contributed by atoms with van der Waals surface area (Å²) in [7, 11) is 0. The first-order valence-electron chi connectivity index (χ1n) is 9.13. The van der Waals surface area contributed by atoms with Gasteiger partial charge < -0.3 is 19.5 Å². The molecule has 3 rings (SSSR count). The summed E-state index contributed by atoms with van der Waals surface area (Å²) in [4.78, 5) is 16.1. The Bertz CT molecular complexity index is 739. The normalized spacial score (nSPS) is 21.2. The second kappa shape index (κ2) is 8.54. The predicted octanol–water partition coefficient (Wildman–Crippen LogP) is 2.58. The minimum Gasteiger partial charge on any atom is -0.479 e. The predicted molar refractivity (Wildman–Crippen MR) is 98.2 cm³/mol. The number of carbonyl (C=O) groups is 1. The van der Waals surface area contributed by atoms with E-state index in [1.54, 1.807) is 19.1 Å². The molecule has 1 aromatic carbocycles. The van der Waals surface area contributed by atoms with E-state index in [9.17, 15) is 14.3 Å². The van der Waals surface area contributed by atoms with Crippen LogP contribution in [0.15, 0.2) is 47.4 Å². The molecule has 0 spiro atoms. The van der Waals surface area contributed by atoms with Crippen molar-refractivity contribution in [2.45, 2.75) is 26.6 Å². The summed E-state index contributed by atoms with van der Waals surface area (Å²) in [6.07, 6.45) is 1.81. The fraction of sp³-hybridized carbons (Fsp3) is 0.450. The third-order valence-electron chi connectivity index (χ3n) is 4.77. The molecule has 7 heteroatoms. The van der Waals surface area contributed by atoms with Gasteiger partial charge in [0.15, 0.2) is 0 Å². The standard InChI is InChI=1S/C20H25FN2O4/c1-3-27-19-18(20(24)25)14(2)12-17(22-8-10-26-11-9-22)23(19)13-15-4-6-16(21)7-5-15/h4-7,12,17H,3,8-11,13H2,1-2H3,(H,24,25). The summed E-state index contributed by atoms with van der Waals surface area (Å²) in [6.45, 7) is 7.16. The molecule has 6 nitrogen and oxygen atoms in total. The number of rotatable bonds is 6. The van der Waals surface area contributed by atoms with Crippen molar-refractivity contribution < 1.29 is 23.8 Å². The van der Waals surface area contributed by atoms with Gasteiger partial charge in [0.1, 0.15) is 17.6 Å². The zero-order chi connectivity index (χ0) is 19.4. The Hall–Kier alpha value is -2.38. The average molecular weight is 376 g/mol. The first kappa shape index (κ1) is 19.4. The molecular weight excluding hydrogens is 351 g/mol. The number of morpholine rings is 1. The molecule has 2 aliphatic heterocycles. The maximum atomic E-state index is 13.3. The number of carboxylic acids is 1. The van der Waals surface area contributed by atoms with Gasteiger partial charge in [-0.1, -0.05) is 12.1 Å². The number of hydrogen-bond acceptors (Lipinski definition) is 5. The van der Waals surface area contributed by atoms with Crippen LogP contribution in [-0.2, 0) is 20.8 Å². The molecule has 0 aliphatic carbocycles. The molecule has 0 aromatic heterocycles. The van der Waals surface area contributed by atoms with Crippen molar-refractivity contribution in [2.24, 2.45) is 0 Å². The molecule has 1 saturated heterocycles. The first-order chi connectivity index (χ1) is 13.0. The van der Waals surface area contributed by atoms with Gasteiger partial charge in [0.05, 0.1) is 19.8 Å². The molecule has 27 heavy (non-hydrogen) atoms. The molecule has 1 unspecified atom stereocenters. The van der Waals surface area contributed by atoms with Crippen molar-refractivity contribution in [2.75, 3.05) is 32.9 Å². The van der Waals surface area contributed by atoms with Crippen LogP contribution in [0, 0.1) is 5.82 Å². The van der Waals surface area contributed by atoms with Gasteiger partial charge in [-0.3, -0.25) is 4.90 Å². The molecule has 0 bridgehead atoms. The van der Waals surface area contributed by atoms with Gasteiger partial charge in [-0.25, -0.2) is 9.18 Å².